The van der Waals surface area contributed by atoms with Gasteiger partial charge >= 0.3 is 16.2 Å². The highest BCUT2D eigenvalue weighted by Crippen LogP contribution is 2.32. The molecule has 0 N–H and O–H groups in total. The number of rotatable bonds is 2. The second-order valence-corrected chi connectivity index (χ2v) is 4.63. The Morgan fingerprint density at radius 3 is 2.54 bits per heavy atom. The monoisotopic (exact) mass is 210 g/mol. The van der Waals surface area contributed by atoms with Crippen molar-refractivity contribution in [1.82, 2.24) is 0 Å². The molecule has 1 rings (SSSR count). The maximum absolute atomic E-state index is 12.6. The molecule has 0 radical (unpaired) electrons. The minimum Gasteiger partial charge on any atom is -0.469 e. The summed E-state index contributed by atoms with van der Waals surface area (Å²) in [6.07, 6.45) is 1.15. The van der Waals surface area contributed by atoms with Gasteiger partial charge in [-0.1, -0.05) is 6.42 Å². The summed E-state index contributed by atoms with van der Waals surface area (Å²) in [5.74, 6) is -1.45. The fraction of sp³-hybridized carbons (Fsp3) is 0.857. The van der Waals surface area contributed by atoms with Crippen molar-refractivity contribution in [3.63, 3.8) is 0 Å². The molecule has 0 heterocycles. The first-order chi connectivity index (χ1) is 5.96. The molecule has 0 spiro atoms. The zero-order valence-electron chi connectivity index (χ0n) is 7.20. The van der Waals surface area contributed by atoms with Gasteiger partial charge < -0.3 is 4.74 Å². The minimum absolute atomic E-state index is 0.207. The number of hydrogen-bond acceptors (Lipinski definition) is 4. The fourth-order valence-electron chi connectivity index (χ4n) is 1.68. The molecule has 2 atom stereocenters. The lowest BCUT2D eigenvalue weighted by molar-refractivity contribution is -0.145. The average Bonchev–Trinajstić information content (AvgIpc) is 2.49. The van der Waals surface area contributed by atoms with Crippen LogP contribution in [0.1, 0.15) is 19.3 Å². The van der Waals surface area contributed by atoms with E-state index >= 15 is 0 Å². The molecule has 0 bridgehead atoms. The highest BCUT2D eigenvalue weighted by molar-refractivity contribution is 7.87. The van der Waals surface area contributed by atoms with Crippen LogP contribution in [0.25, 0.3) is 0 Å². The first-order valence-electron chi connectivity index (χ1n) is 3.98. The van der Waals surface area contributed by atoms with E-state index in [2.05, 4.69) is 4.74 Å². The van der Waals surface area contributed by atoms with Crippen molar-refractivity contribution >= 4 is 16.2 Å². The van der Waals surface area contributed by atoms with E-state index in [1.165, 1.54) is 7.11 Å². The summed E-state index contributed by atoms with van der Waals surface area (Å²) in [5, 5.41) is -1.19. The van der Waals surface area contributed by atoms with Crippen LogP contribution in [0.5, 0.6) is 0 Å². The Bertz CT molecular complexity index is 298. The first kappa shape index (κ1) is 10.4. The normalized spacial score (nSPS) is 28.8. The predicted octanol–water partition coefficient (Wildman–Crippen LogP) is 0.627. The number of halogens is 1. The summed E-state index contributed by atoms with van der Waals surface area (Å²) in [6, 6.07) is 0. The molecule has 76 valence electrons. The molecule has 1 saturated carbocycles. The van der Waals surface area contributed by atoms with Crippen LogP contribution in [0.2, 0.25) is 0 Å². The molecule has 0 aromatic rings. The van der Waals surface area contributed by atoms with E-state index in [9.17, 15) is 17.1 Å². The van der Waals surface area contributed by atoms with Gasteiger partial charge in [-0.25, -0.2) is 0 Å². The molecule has 0 saturated heterocycles. The Hall–Kier alpha value is -0.650. The third-order valence-corrected chi connectivity index (χ3v) is 3.61. The summed E-state index contributed by atoms with van der Waals surface area (Å²) < 4.78 is 38.2. The number of ether oxygens (including phenoxy) is 1. The number of hydrogen-bond donors (Lipinski definition) is 0. The van der Waals surface area contributed by atoms with E-state index in [4.69, 9.17) is 0 Å². The minimum atomic E-state index is -4.61. The largest absolute Gasteiger partial charge is 0.469 e. The zero-order chi connectivity index (χ0) is 10.1. The molecule has 4 nitrogen and oxygen atoms in total. The van der Waals surface area contributed by atoms with Crippen molar-refractivity contribution in [3.05, 3.63) is 0 Å². The van der Waals surface area contributed by atoms with Crippen LogP contribution in [-0.4, -0.2) is 26.7 Å². The number of esters is 1. The summed E-state index contributed by atoms with van der Waals surface area (Å²) in [7, 11) is -3.44. The van der Waals surface area contributed by atoms with E-state index in [1.54, 1.807) is 0 Å². The van der Waals surface area contributed by atoms with Crippen LogP contribution >= 0.6 is 0 Å². The molecule has 6 heteroatoms. The zero-order valence-corrected chi connectivity index (χ0v) is 8.01. The molecule has 1 aliphatic rings. The van der Waals surface area contributed by atoms with E-state index in [0.29, 0.717) is 12.8 Å². The van der Waals surface area contributed by atoms with Gasteiger partial charge in [-0.3, -0.25) is 4.79 Å². The maximum Gasteiger partial charge on any atom is 0.310 e. The van der Waals surface area contributed by atoms with Gasteiger partial charge in [0.15, 0.2) is 0 Å². The Labute approximate surface area is 76.3 Å². The second kappa shape index (κ2) is 3.61. The highest BCUT2D eigenvalue weighted by atomic mass is 32.3. The number of methoxy groups -OCH3 is 1. The van der Waals surface area contributed by atoms with E-state index < -0.39 is 27.4 Å². The van der Waals surface area contributed by atoms with Crippen molar-refractivity contribution in [1.29, 1.82) is 0 Å². The van der Waals surface area contributed by atoms with Crippen molar-refractivity contribution in [2.45, 2.75) is 24.5 Å². The summed E-state index contributed by atoms with van der Waals surface area (Å²) in [5.41, 5.74) is 0. The molecule has 0 unspecified atom stereocenters. The first-order valence-corrected chi connectivity index (χ1v) is 5.43. The lowest BCUT2D eigenvalue weighted by Gasteiger charge is -2.12. The van der Waals surface area contributed by atoms with Crippen molar-refractivity contribution in [3.8, 4) is 0 Å². The van der Waals surface area contributed by atoms with Gasteiger partial charge in [-0.05, 0) is 12.8 Å². The maximum atomic E-state index is 12.6. The van der Waals surface area contributed by atoms with Crippen LogP contribution < -0.4 is 0 Å². The lowest BCUT2D eigenvalue weighted by atomic mass is 10.1. The predicted molar refractivity (Wildman–Crippen MR) is 43.2 cm³/mol. The molecular weight excluding hydrogens is 199 g/mol. The van der Waals surface area contributed by atoms with Crippen LogP contribution in [0.4, 0.5) is 3.89 Å². The Balaban J connectivity index is 2.82. The van der Waals surface area contributed by atoms with Gasteiger partial charge in [0.25, 0.3) is 0 Å². The molecule has 0 amide bonds. The lowest BCUT2D eigenvalue weighted by Crippen LogP contribution is -2.29. The van der Waals surface area contributed by atoms with E-state index in [-0.39, 0.29) is 6.42 Å². The third kappa shape index (κ3) is 2.18. The Kier molecular flexibility index (Phi) is 2.90. The summed E-state index contributed by atoms with van der Waals surface area (Å²) in [6.45, 7) is 0. The van der Waals surface area contributed by atoms with E-state index in [0.717, 1.165) is 0 Å². The number of carbonyl (C=O) groups excluding carboxylic acids is 1. The molecular formula is C7H11FO4S. The Morgan fingerprint density at radius 2 is 2.08 bits per heavy atom. The van der Waals surface area contributed by atoms with Crippen molar-refractivity contribution < 1.29 is 21.8 Å². The smallest absolute Gasteiger partial charge is 0.310 e. The number of carbonyl (C=O) groups is 1. The van der Waals surface area contributed by atoms with Gasteiger partial charge in [0.2, 0.25) is 0 Å². The van der Waals surface area contributed by atoms with Gasteiger partial charge in [0.1, 0.15) is 5.25 Å². The van der Waals surface area contributed by atoms with Crippen molar-refractivity contribution in [2.24, 2.45) is 5.92 Å². The van der Waals surface area contributed by atoms with Crippen LogP contribution in [0.3, 0.4) is 0 Å². The summed E-state index contributed by atoms with van der Waals surface area (Å²) >= 11 is 0. The molecule has 0 aromatic carbocycles. The highest BCUT2D eigenvalue weighted by Gasteiger charge is 2.42. The van der Waals surface area contributed by atoms with Crippen LogP contribution in [-0.2, 0) is 19.8 Å². The quantitative estimate of drug-likeness (QED) is 0.495. The van der Waals surface area contributed by atoms with Gasteiger partial charge in [-0.2, -0.15) is 8.42 Å². The molecule has 1 aliphatic carbocycles. The SMILES string of the molecule is COC(=O)[C@@H]1CCC[C@H]1S(=O)(=O)F. The molecule has 1 fully saturated rings. The van der Waals surface area contributed by atoms with Crippen LogP contribution in [0, 0.1) is 5.92 Å². The summed E-state index contributed by atoms with van der Waals surface area (Å²) in [4.78, 5) is 11.0. The topological polar surface area (TPSA) is 60.4 Å². The fourth-order valence-corrected chi connectivity index (χ4v) is 2.77. The Morgan fingerprint density at radius 1 is 1.46 bits per heavy atom. The van der Waals surface area contributed by atoms with Gasteiger partial charge in [-0.15, -0.1) is 3.89 Å². The average molecular weight is 210 g/mol. The molecule has 0 aliphatic heterocycles. The standard InChI is InChI=1S/C7H11FO4S/c1-12-7(9)5-3-2-4-6(5)13(8,10)11/h5-6H,2-4H2,1H3/t5-,6-/m1/s1. The van der Waals surface area contributed by atoms with Gasteiger partial charge in [0.05, 0.1) is 13.0 Å². The van der Waals surface area contributed by atoms with Crippen molar-refractivity contribution in [2.75, 3.05) is 7.11 Å². The molecule has 0 aromatic heterocycles. The third-order valence-electron chi connectivity index (χ3n) is 2.32. The van der Waals surface area contributed by atoms with Crippen LogP contribution in [0.15, 0.2) is 0 Å². The van der Waals surface area contributed by atoms with E-state index in [1.807, 2.05) is 0 Å². The second-order valence-electron chi connectivity index (χ2n) is 3.07. The molecule has 13 heavy (non-hydrogen) atoms. The van der Waals surface area contributed by atoms with Gasteiger partial charge in [0, 0.05) is 0 Å².